The zero-order valence-electron chi connectivity index (χ0n) is 36.7. The first-order valence-corrected chi connectivity index (χ1v) is 24.3. The quantitative estimate of drug-likeness (QED) is 0.114. The molecule has 0 radical (unpaired) electrons. The number of anilines is 1. The molecule has 3 aliphatic carbocycles. The lowest BCUT2D eigenvalue weighted by Gasteiger charge is -2.47. The monoisotopic (exact) mass is 885 g/mol. The van der Waals surface area contributed by atoms with Crippen LogP contribution in [-0.2, 0) is 47.2 Å². The van der Waals surface area contributed by atoms with Crippen molar-refractivity contribution in [2.75, 3.05) is 38.1 Å². The number of hydrogen-bond donors (Lipinski definition) is 2. The van der Waals surface area contributed by atoms with E-state index < -0.39 is 11.5 Å². The summed E-state index contributed by atoms with van der Waals surface area (Å²) in [4.78, 5) is 40.5. The Kier molecular flexibility index (Phi) is 12.9. The summed E-state index contributed by atoms with van der Waals surface area (Å²) in [7, 11) is 0. The molecule has 0 bridgehead atoms. The third kappa shape index (κ3) is 9.55. The number of fused-ring (bicyclic) bond motifs is 3. The van der Waals surface area contributed by atoms with Crippen molar-refractivity contribution in [3.8, 4) is 5.75 Å². The van der Waals surface area contributed by atoms with Crippen molar-refractivity contribution in [2.24, 2.45) is 11.8 Å². The van der Waals surface area contributed by atoms with Crippen LogP contribution >= 0.6 is 22.9 Å². The number of halogens is 1. The van der Waals surface area contributed by atoms with Crippen LogP contribution in [0.4, 0.5) is 5.69 Å². The first-order chi connectivity index (χ1) is 30.6. The highest BCUT2D eigenvalue weighted by Crippen LogP contribution is 2.56. The summed E-state index contributed by atoms with van der Waals surface area (Å²) in [6.07, 6.45) is 11.0. The summed E-state index contributed by atoms with van der Waals surface area (Å²) >= 11 is 7.98. The molecule has 5 aromatic rings. The normalized spacial score (nSPS) is 23.8. The van der Waals surface area contributed by atoms with Gasteiger partial charge in [0, 0.05) is 72.7 Å². The van der Waals surface area contributed by atoms with E-state index in [1.807, 2.05) is 65.0 Å². The number of aromatic nitrogens is 2. The molecule has 1 amide bonds. The van der Waals surface area contributed by atoms with Gasteiger partial charge in [0.25, 0.3) is 0 Å². The number of carboxylic acids is 1. The van der Waals surface area contributed by atoms with Crippen LogP contribution < -0.4 is 10.1 Å². The molecular weight excluding hydrogens is 826 g/mol. The summed E-state index contributed by atoms with van der Waals surface area (Å²) in [5.41, 5.74) is 8.16. The van der Waals surface area contributed by atoms with E-state index in [1.54, 1.807) is 11.3 Å². The number of nitrogens with zero attached hydrogens (tertiary/aromatic N) is 4. The van der Waals surface area contributed by atoms with E-state index in [-0.39, 0.29) is 11.3 Å². The molecule has 2 N–H and O–H groups in total. The average molecular weight is 887 g/mol. The number of piperazine rings is 1. The first kappa shape index (κ1) is 43.5. The molecule has 3 atom stereocenters. The molecule has 1 spiro atoms. The van der Waals surface area contributed by atoms with Crippen LogP contribution in [0, 0.1) is 11.8 Å². The third-order valence-electron chi connectivity index (χ3n) is 14.6. The number of pyridine rings is 1. The molecule has 63 heavy (non-hydrogen) atoms. The first-order valence-electron chi connectivity index (χ1n) is 23.0. The van der Waals surface area contributed by atoms with Gasteiger partial charge in [-0.25, -0.2) is 9.78 Å². The van der Waals surface area contributed by atoms with Crippen molar-refractivity contribution in [3.63, 3.8) is 0 Å². The topological polar surface area (TPSA) is 108 Å². The lowest BCUT2D eigenvalue weighted by atomic mass is 9.59. The Bertz CT molecular complexity index is 2410. The average Bonchev–Trinajstić information content (AvgIpc) is 3.84. The molecule has 1 saturated heterocycles. The fourth-order valence-corrected chi connectivity index (χ4v) is 12.2. The summed E-state index contributed by atoms with van der Waals surface area (Å²) < 4.78 is 6.65. The van der Waals surface area contributed by atoms with E-state index in [4.69, 9.17) is 26.3 Å². The van der Waals surface area contributed by atoms with Crippen LogP contribution in [0.25, 0.3) is 0 Å². The number of rotatable bonds is 14. The van der Waals surface area contributed by atoms with Crippen LogP contribution in [-0.4, -0.2) is 75.1 Å². The van der Waals surface area contributed by atoms with E-state index in [9.17, 15) is 14.7 Å². The predicted molar refractivity (Wildman–Crippen MR) is 251 cm³/mol. The molecule has 4 aliphatic rings. The Balaban J connectivity index is 0.878. The number of carbonyl (C=O) groups excluding carboxylic acids is 1. The zero-order chi connectivity index (χ0) is 43.6. The number of carbonyl (C=O) groups is 2. The number of benzene rings is 3. The molecule has 2 aromatic heterocycles. The van der Waals surface area contributed by atoms with E-state index in [1.165, 1.54) is 46.4 Å². The highest BCUT2D eigenvalue weighted by atomic mass is 35.5. The predicted octanol–water partition coefficient (Wildman–Crippen LogP) is 10.1. The van der Waals surface area contributed by atoms with E-state index in [0.717, 1.165) is 80.3 Å². The maximum Gasteiger partial charge on any atom is 0.329 e. The lowest BCUT2D eigenvalue weighted by Crippen LogP contribution is -2.53. The van der Waals surface area contributed by atoms with Crippen LogP contribution in [0.15, 0.2) is 90.4 Å². The van der Waals surface area contributed by atoms with Gasteiger partial charge in [-0.05, 0) is 127 Å². The molecule has 1 saturated carbocycles. The molecule has 11 heteroatoms. The van der Waals surface area contributed by atoms with E-state index in [2.05, 4.69) is 54.4 Å². The largest absolute Gasteiger partial charge is 0.493 e. The summed E-state index contributed by atoms with van der Waals surface area (Å²) in [5.74, 6) is 1.45. The van der Waals surface area contributed by atoms with E-state index >= 15 is 0 Å². The second-order valence-electron chi connectivity index (χ2n) is 18.9. The van der Waals surface area contributed by atoms with Gasteiger partial charge in [-0.15, -0.1) is 11.3 Å². The highest BCUT2D eigenvalue weighted by Gasteiger charge is 2.54. The lowest BCUT2D eigenvalue weighted by molar-refractivity contribution is -0.144. The standard InChI is InChI=1S/C52H60ClN5O4S/c1-35(33-62-46-16-21-54-45-13-6-8-36(2)49(45)46)26-40-29-39-15-14-38(27-44(39)51(40)17-19-52(20-18-51,50(60)61)56-42-12-7-11-41(53)30-42)32-57-22-24-58(25-23-57)48(59)31-43-34-63-47(55-43)28-37-9-4-3-5-10-37/h3-5,7,9-12,14-16,21,27,30,34-36,40,56H,6,8,13,17-20,22-26,28-29,31-33H2,1-2H3,(H,60,61)/t35-,36-,40?,51?,52?/m1/s1. The van der Waals surface area contributed by atoms with Crippen molar-refractivity contribution < 1.29 is 19.4 Å². The summed E-state index contributed by atoms with van der Waals surface area (Å²) in [5, 5.41) is 17.9. The van der Waals surface area contributed by atoms with Gasteiger partial charge in [0.1, 0.15) is 11.3 Å². The number of thiazole rings is 1. The smallest absolute Gasteiger partial charge is 0.329 e. The Hall–Kier alpha value is -4.77. The van der Waals surface area contributed by atoms with Crippen LogP contribution in [0.1, 0.15) is 109 Å². The van der Waals surface area contributed by atoms with Gasteiger partial charge in [-0.1, -0.05) is 80.0 Å². The third-order valence-corrected chi connectivity index (χ3v) is 15.8. The fourth-order valence-electron chi connectivity index (χ4n) is 11.2. The number of ether oxygens (including phenoxy) is 1. The zero-order valence-corrected chi connectivity index (χ0v) is 38.2. The van der Waals surface area contributed by atoms with Crippen molar-refractivity contribution in [3.05, 3.63) is 140 Å². The van der Waals surface area contributed by atoms with Crippen LogP contribution in [0.3, 0.4) is 0 Å². The molecule has 1 unspecified atom stereocenters. The molecule has 9 nitrogen and oxygen atoms in total. The van der Waals surface area contributed by atoms with Crippen LogP contribution in [0.2, 0.25) is 5.02 Å². The van der Waals surface area contributed by atoms with Crippen molar-refractivity contribution in [1.29, 1.82) is 0 Å². The Morgan fingerprint density at radius 2 is 1.79 bits per heavy atom. The summed E-state index contributed by atoms with van der Waals surface area (Å²) in [6, 6.07) is 26.9. The van der Waals surface area contributed by atoms with Gasteiger partial charge >= 0.3 is 5.97 Å². The number of nitrogens with one attached hydrogen (secondary N) is 1. The molecule has 1 aliphatic heterocycles. The fraction of sp³-hybridized carbons (Fsp3) is 0.462. The Morgan fingerprint density at radius 3 is 2.57 bits per heavy atom. The second kappa shape index (κ2) is 18.8. The molecule has 330 valence electrons. The number of aryl methyl sites for hydroxylation is 1. The molecule has 3 heterocycles. The minimum Gasteiger partial charge on any atom is -0.493 e. The molecule has 3 aromatic carbocycles. The van der Waals surface area contributed by atoms with Gasteiger partial charge in [0.15, 0.2) is 0 Å². The van der Waals surface area contributed by atoms with Gasteiger partial charge in [-0.3, -0.25) is 14.7 Å². The van der Waals surface area contributed by atoms with Crippen molar-refractivity contribution in [1.82, 2.24) is 19.8 Å². The van der Waals surface area contributed by atoms with Crippen LogP contribution in [0.5, 0.6) is 5.75 Å². The Morgan fingerprint density at radius 1 is 0.984 bits per heavy atom. The van der Waals surface area contributed by atoms with Gasteiger partial charge in [-0.2, -0.15) is 0 Å². The van der Waals surface area contributed by atoms with Crippen molar-refractivity contribution in [2.45, 2.75) is 108 Å². The molecule has 2 fully saturated rings. The summed E-state index contributed by atoms with van der Waals surface area (Å²) in [6.45, 7) is 9.11. The SMILES string of the molecule is C[C@@H](COc1ccnc2c1[C@H](C)CCC2)CC1Cc2ccc(CN3CCN(C(=O)Cc4csc(Cc5ccccc5)n4)CC3)cc2C12CCC(Nc1cccc(Cl)c1)(C(=O)O)CC2. The number of hydrogen-bond acceptors (Lipinski definition) is 8. The minimum atomic E-state index is -1.08. The van der Waals surface area contributed by atoms with Gasteiger partial charge < -0.3 is 20.1 Å². The van der Waals surface area contributed by atoms with Gasteiger partial charge in [0.05, 0.1) is 23.7 Å². The number of amides is 1. The van der Waals surface area contributed by atoms with Crippen molar-refractivity contribution >= 4 is 40.5 Å². The maximum absolute atomic E-state index is 13.4. The maximum atomic E-state index is 13.4. The Labute approximate surface area is 381 Å². The number of carboxylic acid groups (broad SMARTS) is 1. The number of aliphatic carboxylic acids is 1. The highest BCUT2D eigenvalue weighted by molar-refractivity contribution is 7.09. The molecule has 9 rings (SSSR count). The van der Waals surface area contributed by atoms with E-state index in [0.29, 0.717) is 61.7 Å². The van der Waals surface area contributed by atoms with Gasteiger partial charge in [0.2, 0.25) is 5.91 Å². The second-order valence-corrected chi connectivity index (χ2v) is 20.3. The minimum absolute atomic E-state index is 0.138. The molecular formula is C52H60ClN5O4S.